The predicted molar refractivity (Wildman–Crippen MR) is 90.9 cm³/mol. The van der Waals surface area contributed by atoms with Gasteiger partial charge in [0.1, 0.15) is 4.90 Å². The first-order chi connectivity index (χ1) is 9.70. The van der Waals surface area contributed by atoms with Crippen molar-refractivity contribution in [3.63, 3.8) is 0 Å². The molecule has 0 aliphatic rings. The van der Waals surface area contributed by atoms with Crippen LogP contribution in [0.5, 0.6) is 0 Å². The van der Waals surface area contributed by atoms with Crippen molar-refractivity contribution < 1.29 is 8.42 Å². The number of halogens is 3. The van der Waals surface area contributed by atoms with Crippen molar-refractivity contribution in [1.82, 2.24) is 0 Å². The van der Waals surface area contributed by atoms with E-state index in [-0.39, 0.29) is 9.92 Å². The Bertz CT molecular complexity index is 784. The average Bonchev–Trinajstić information content (AvgIpc) is 2.36. The second kappa shape index (κ2) is 6.16. The largest absolute Gasteiger partial charge is 0.279 e. The predicted octanol–water partition coefficient (Wildman–Crippen LogP) is 5.17. The molecule has 0 atom stereocenters. The Morgan fingerprint density at radius 1 is 1.05 bits per heavy atom. The average molecular weight is 409 g/mol. The van der Waals surface area contributed by atoms with Gasteiger partial charge in [0.2, 0.25) is 0 Å². The van der Waals surface area contributed by atoms with Gasteiger partial charge in [0.05, 0.1) is 10.7 Å². The highest BCUT2D eigenvalue weighted by molar-refractivity contribution is 9.10. The summed E-state index contributed by atoms with van der Waals surface area (Å²) in [6.07, 6.45) is 0. The molecule has 2 aromatic rings. The molecule has 1 N–H and O–H groups in total. The summed E-state index contributed by atoms with van der Waals surface area (Å²) in [6, 6.07) is 8.00. The Morgan fingerprint density at radius 3 is 2.19 bits per heavy atom. The van der Waals surface area contributed by atoms with E-state index in [9.17, 15) is 8.42 Å². The van der Waals surface area contributed by atoms with Gasteiger partial charge in [-0.15, -0.1) is 0 Å². The minimum atomic E-state index is -3.81. The van der Waals surface area contributed by atoms with Crippen LogP contribution in [-0.4, -0.2) is 8.42 Å². The van der Waals surface area contributed by atoms with Crippen LogP contribution in [-0.2, 0) is 10.0 Å². The Kier molecular flexibility index (Phi) is 4.88. The number of hydrogen-bond acceptors (Lipinski definition) is 2. The van der Waals surface area contributed by atoms with E-state index in [1.54, 1.807) is 6.07 Å². The fourth-order valence-electron chi connectivity index (χ4n) is 1.94. The second-order valence-corrected chi connectivity index (χ2v) is 8.00. The number of nitrogens with one attached hydrogen (secondary N) is 1. The first-order valence-electron chi connectivity index (χ1n) is 5.95. The molecule has 0 saturated carbocycles. The number of rotatable bonds is 3. The molecule has 112 valence electrons. The summed E-state index contributed by atoms with van der Waals surface area (Å²) < 4.78 is 28.5. The maximum absolute atomic E-state index is 12.5. The summed E-state index contributed by atoms with van der Waals surface area (Å²) in [5, 5.41) is 0.434. The standard InChI is InChI=1S/C14H12BrCl2NO2S/c1-8-5-10(15)6-9(2)14(8)18-21(19,20)13-7-11(16)3-4-12(13)17/h3-7,18H,1-2H3. The first kappa shape index (κ1) is 16.6. The van der Waals surface area contributed by atoms with E-state index in [1.807, 2.05) is 26.0 Å². The van der Waals surface area contributed by atoms with Crippen molar-refractivity contribution in [2.75, 3.05) is 4.72 Å². The number of hydrogen-bond donors (Lipinski definition) is 1. The molecule has 0 radical (unpaired) electrons. The molecular weight excluding hydrogens is 397 g/mol. The smallest absolute Gasteiger partial charge is 0.263 e. The fraction of sp³-hybridized carbons (Fsp3) is 0.143. The third kappa shape index (κ3) is 3.72. The quantitative estimate of drug-likeness (QED) is 0.760. The lowest BCUT2D eigenvalue weighted by molar-refractivity contribution is 0.601. The van der Waals surface area contributed by atoms with Gasteiger partial charge in [-0.2, -0.15) is 0 Å². The summed E-state index contributed by atoms with van der Waals surface area (Å²) in [6.45, 7) is 3.66. The van der Waals surface area contributed by atoms with Gasteiger partial charge in [-0.05, 0) is 55.3 Å². The van der Waals surface area contributed by atoms with Crippen molar-refractivity contribution >= 4 is 54.8 Å². The molecule has 0 aliphatic carbocycles. The maximum atomic E-state index is 12.5. The molecule has 0 amide bonds. The summed E-state index contributed by atoms with van der Waals surface area (Å²) in [5.41, 5.74) is 2.15. The summed E-state index contributed by atoms with van der Waals surface area (Å²) in [7, 11) is -3.81. The highest BCUT2D eigenvalue weighted by Gasteiger charge is 2.20. The zero-order valence-electron chi connectivity index (χ0n) is 11.2. The van der Waals surface area contributed by atoms with Gasteiger partial charge < -0.3 is 0 Å². The van der Waals surface area contributed by atoms with E-state index < -0.39 is 10.0 Å². The third-order valence-corrected chi connectivity index (χ3v) is 5.44. The highest BCUT2D eigenvalue weighted by atomic mass is 79.9. The van der Waals surface area contributed by atoms with E-state index in [4.69, 9.17) is 23.2 Å². The van der Waals surface area contributed by atoms with E-state index >= 15 is 0 Å². The lowest BCUT2D eigenvalue weighted by Crippen LogP contribution is -2.15. The minimum absolute atomic E-state index is 0.0432. The lowest BCUT2D eigenvalue weighted by Gasteiger charge is -2.14. The third-order valence-electron chi connectivity index (χ3n) is 2.92. The van der Waals surface area contributed by atoms with Gasteiger partial charge in [-0.25, -0.2) is 8.42 Å². The molecule has 7 heteroatoms. The van der Waals surface area contributed by atoms with E-state index in [2.05, 4.69) is 20.7 Å². The number of aryl methyl sites for hydroxylation is 2. The van der Waals surface area contributed by atoms with Crippen molar-refractivity contribution in [3.8, 4) is 0 Å². The zero-order chi connectivity index (χ0) is 15.8. The van der Waals surface area contributed by atoms with Crippen LogP contribution in [0.25, 0.3) is 0 Å². The molecule has 0 unspecified atom stereocenters. The monoisotopic (exact) mass is 407 g/mol. The number of benzene rings is 2. The molecule has 2 aromatic carbocycles. The fourth-order valence-corrected chi connectivity index (χ4v) is 4.60. The summed E-state index contributed by atoms with van der Waals surface area (Å²) >= 11 is 15.2. The maximum Gasteiger partial charge on any atom is 0.263 e. The molecule has 21 heavy (non-hydrogen) atoms. The molecule has 0 spiro atoms. The van der Waals surface area contributed by atoms with Crippen LogP contribution in [0.1, 0.15) is 11.1 Å². The Labute approximate surface area is 142 Å². The molecule has 0 aliphatic heterocycles. The van der Waals surface area contributed by atoms with Crippen LogP contribution < -0.4 is 4.72 Å². The highest BCUT2D eigenvalue weighted by Crippen LogP contribution is 2.30. The summed E-state index contributed by atoms with van der Waals surface area (Å²) in [4.78, 5) is -0.0432. The minimum Gasteiger partial charge on any atom is -0.279 e. The molecular formula is C14H12BrCl2NO2S. The molecule has 0 saturated heterocycles. The lowest BCUT2D eigenvalue weighted by atomic mass is 10.1. The Hall–Kier alpha value is -0.750. The van der Waals surface area contributed by atoms with E-state index in [1.165, 1.54) is 12.1 Å². The molecule has 0 bridgehead atoms. The van der Waals surface area contributed by atoms with Crippen molar-refractivity contribution in [1.29, 1.82) is 0 Å². The van der Waals surface area contributed by atoms with Gasteiger partial charge in [0.15, 0.2) is 0 Å². The van der Waals surface area contributed by atoms with Crippen LogP contribution >= 0.6 is 39.1 Å². The van der Waals surface area contributed by atoms with Gasteiger partial charge >= 0.3 is 0 Å². The van der Waals surface area contributed by atoms with E-state index in [0.717, 1.165) is 15.6 Å². The molecule has 2 rings (SSSR count). The Balaban J connectivity index is 2.50. The van der Waals surface area contributed by atoms with Crippen molar-refractivity contribution in [3.05, 3.63) is 56.0 Å². The Morgan fingerprint density at radius 2 is 1.62 bits per heavy atom. The van der Waals surface area contributed by atoms with Crippen LogP contribution in [0, 0.1) is 13.8 Å². The number of sulfonamides is 1. The second-order valence-electron chi connectivity index (χ2n) is 4.59. The normalized spacial score (nSPS) is 11.5. The zero-order valence-corrected chi connectivity index (χ0v) is 15.2. The van der Waals surface area contributed by atoms with Crippen LogP contribution in [0.15, 0.2) is 39.7 Å². The topological polar surface area (TPSA) is 46.2 Å². The van der Waals surface area contributed by atoms with Crippen LogP contribution in [0.2, 0.25) is 10.0 Å². The molecule has 3 nitrogen and oxygen atoms in total. The van der Waals surface area contributed by atoms with Crippen LogP contribution in [0.4, 0.5) is 5.69 Å². The molecule has 0 aromatic heterocycles. The molecule has 0 fully saturated rings. The van der Waals surface area contributed by atoms with Crippen LogP contribution in [0.3, 0.4) is 0 Å². The first-order valence-corrected chi connectivity index (χ1v) is 8.98. The van der Waals surface area contributed by atoms with Gasteiger partial charge in [-0.1, -0.05) is 39.1 Å². The molecule has 0 heterocycles. The van der Waals surface area contributed by atoms with Crippen molar-refractivity contribution in [2.45, 2.75) is 18.7 Å². The SMILES string of the molecule is Cc1cc(Br)cc(C)c1NS(=O)(=O)c1cc(Cl)ccc1Cl. The number of anilines is 1. The van der Waals surface area contributed by atoms with Gasteiger partial charge in [-0.3, -0.25) is 4.72 Å². The van der Waals surface area contributed by atoms with E-state index in [0.29, 0.717) is 10.7 Å². The van der Waals surface area contributed by atoms with Crippen molar-refractivity contribution in [2.24, 2.45) is 0 Å². The van der Waals surface area contributed by atoms with Gasteiger partial charge in [0.25, 0.3) is 10.0 Å². The summed E-state index contributed by atoms with van der Waals surface area (Å²) in [5.74, 6) is 0. The van der Waals surface area contributed by atoms with Gasteiger partial charge in [0, 0.05) is 9.50 Å².